The topological polar surface area (TPSA) is 212 Å². The maximum atomic E-state index is 13.3. The first kappa shape index (κ1) is 77.7. The van der Waals surface area contributed by atoms with Gasteiger partial charge in [0.05, 0.1) is 121 Å². The maximum Gasteiger partial charge on any atom is 0.196 e. The SMILES string of the molecule is CCCN(CCCOCC(C)OCC(C)OCC(C)OCC(C)OCC(C)OCC(C)OCC(C)OCC(C)OCC(C)OCC(O)N(CCC)CC(O)COc1cc(C)c2sc3ccccc3c(=O)c2c1)CC(O)COc1cc(C)c2sc3ccccc3c(=O)c2c1. The van der Waals surface area contributed by atoms with Gasteiger partial charge in [0, 0.05) is 73.1 Å². The third-order valence-electron chi connectivity index (χ3n) is 15.5. The predicted molar refractivity (Wildman–Crippen MR) is 372 cm³/mol. The second-order valence-electron chi connectivity index (χ2n) is 25.0. The number of hydrogen-bond donors (Lipinski definition) is 3. The molecule has 19 nitrogen and oxygen atoms in total. The van der Waals surface area contributed by atoms with Gasteiger partial charge in [-0.1, -0.05) is 38.1 Å². The number of hydrogen-bond acceptors (Lipinski definition) is 21. The minimum atomic E-state index is -0.944. The zero-order valence-corrected chi connectivity index (χ0v) is 59.1. The fraction of sp³-hybridized carbons (Fsp3) is 0.639. The highest BCUT2D eigenvalue weighted by Gasteiger charge is 2.23. The molecule has 2 aromatic heterocycles. The second-order valence-corrected chi connectivity index (χ2v) is 27.1. The first-order valence-corrected chi connectivity index (χ1v) is 35.0. The van der Waals surface area contributed by atoms with Crippen molar-refractivity contribution in [2.24, 2.45) is 0 Å². The summed E-state index contributed by atoms with van der Waals surface area (Å²) in [6.07, 6.45) is -1.45. The van der Waals surface area contributed by atoms with Gasteiger partial charge in [-0.3, -0.25) is 14.5 Å². The van der Waals surface area contributed by atoms with Crippen molar-refractivity contribution in [1.29, 1.82) is 0 Å². The molecule has 0 saturated heterocycles. The second kappa shape index (κ2) is 41.0. The van der Waals surface area contributed by atoms with E-state index in [0.717, 1.165) is 62.3 Å². The van der Waals surface area contributed by atoms with Gasteiger partial charge < -0.3 is 77.1 Å². The summed E-state index contributed by atoms with van der Waals surface area (Å²) in [6.45, 7) is 32.9. The van der Waals surface area contributed by atoms with E-state index in [1.165, 1.54) is 0 Å². The molecule has 21 heteroatoms. The van der Waals surface area contributed by atoms with Gasteiger partial charge in [0.15, 0.2) is 10.9 Å². The third kappa shape index (κ3) is 26.9. The first-order chi connectivity index (χ1) is 44.6. The Balaban J connectivity index is 0.728. The van der Waals surface area contributed by atoms with Crippen LogP contribution in [-0.4, -0.2) is 217 Å². The van der Waals surface area contributed by atoms with Crippen molar-refractivity contribution in [2.45, 2.75) is 183 Å². The molecule has 0 spiro atoms. The van der Waals surface area contributed by atoms with E-state index >= 15 is 0 Å². The Bertz CT molecular complexity index is 3240. The number of nitrogens with zero attached hydrogens (tertiary/aromatic N) is 2. The molecule has 0 saturated carbocycles. The van der Waals surface area contributed by atoms with Gasteiger partial charge in [-0.2, -0.15) is 0 Å². The van der Waals surface area contributed by atoms with E-state index in [1.54, 1.807) is 39.7 Å². The molecule has 0 aliphatic carbocycles. The quantitative estimate of drug-likeness (QED) is 0.0184. The molecule has 0 radical (unpaired) electrons. The largest absolute Gasteiger partial charge is 0.491 e. The number of aliphatic hydroxyl groups excluding tert-OH is 3. The van der Waals surface area contributed by atoms with E-state index in [2.05, 4.69) is 11.8 Å². The van der Waals surface area contributed by atoms with E-state index in [-0.39, 0.29) is 92.2 Å². The molecule has 0 fully saturated rings. The molecule has 12 unspecified atom stereocenters. The highest BCUT2D eigenvalue weighted by molar-refractivity contribution is 7.25. The molecule has 4 aromatic carbocycles. The molecule has 0 bridgehead atoms. The number of rotatable bonds is 48. The fourth-order valence-corrected chi connectivity index (χ4v) is 12.6. The number of aryl methyl sites for hydroxylation is 2. The molecule has 520 valence electrons. The van der Waals surface area contributed by atoms with E-state index in [0.29, 0.717) is 112 Å². The van der Waals surface area contributed by atoms with Crippen molar-refractivity contribution >= 4 is 63.0 Å². The minimum absolute atomic E-state index is 0.00130. The van der Waals surface area contributed by atoms with Crippen molar-refractivity contribution in [3.63, 3.8) is 0 Å². The summed E-state index contributed by atoms with van der Waals surface area (Å²) >= 11 is 3.19. The standard InChI is InChI=1S/C72H108N2O17S2/c1-14-25-73(33-58(75)44-90-60-29-47(3)71-64(31-60)69(78)62-21-16-18-23-66(62)92-71)27-20-28-80-35-49(5)81-36-50(6)82-37-51(7)83-38-52(8)84-39-53(9)85-40-54(10)86-41-55(11)87-42-56(12)88-43-57(13)89-46-68(77)74(26-15-2)34-59(76)45-91-61-30-48(4)72-65(32-61)70(79)63-22-17-19-24-67(63)93-72/h16-19,21-24,29-32,49-59,68,75-77H,14-15,20,25-28,33-46H2,1-13H3. The Morgan fingerprint density at radius 2 is 0.774 bits per heavy atom. The molecule has 0 aliphatic rings. The Morgan fingerprint density at radius 1 is 0.419 bits per heavy atom. The number of fused-ring (bicyclic) bond motifs is 4. The van der Waals surface area contributed by atoms with E-state index in [1.807, 2.05) is 144 Å². The summed E-state index contributed by atoms with van der Waals surface area (Å²) in [5, 5.41) is 35.6. The molecule has 0 amide bonds. The fourth-order valence-electron chi connectivity index (χ4n) is 10.4. The van der Waals surface area contributed by atoms with Crippen LogP contribution in [0.2, 0.25) is 0 Å². The molecule has 0 aliphatic heterocycles. The summed E-state index contributed by atoms with van der Waals surface area (Å²) in [5.41, 5.74) is 1.87. The van der Waals surface area contributed by atoms with Crippen molar-refractivity contribution < 1.29 is 72.2 Å². The van der Waals surface area contributed by atoms with Gasteiger partial charge in [0.2, 0.25) is 0 Å². The molecule has 6 rings (SSSR count). The third-order valence-corrected chi connectivity index (χ3v) is 18.2. The molecular weight excluding hydrogens is 1230 g/mol. The van der Waals surface area contributed by atoms with Crippen molar-refractivity contribution in [1.82, 2.24) is 9.80 Å². The summed E-state index contributed by atoms with van der Waals surface area (Å²) in [7, 11) is 0. The maximum absolute atomic E-state index is 13.3. The Kier molecular flexibility index (Phi) is 34.3. The lowest BCUT2D eigenvalue weighted by atomic mass is 10.1. The average molecular weight is 1340 g/mol. The molecule has 93 heavy (non-hydrogen) atoms. The molecular formula is C72H108N2O17S2. The van der Waals surface area contributed by atoms with Crippen LogP contribution >= 0.6 is 22.7 Å². The Labute approximate surface area is 559 Å². The first-order valence-electron chi connectivity index (χ1n) is 33.4. The zero-order valence-electron chi connectivity index (χ0n) is 57.5. The van der Waals surface area contributed by atoms with Crippen LogP contribution in [0.25, 0.3) is 40.3 Å². The Morgan fingerprint density at radius 3 is 1.16 bits per heavy atom. The van der Waals surface area contributed by atoms with Crippen LogP contribution in [0.15, 0.2) is 82.4 Å². The van der Waals surface area contributed by atoms with Gasteiger partial charge >= 0.3 is 0 Å². The molecule has 3 N–H and O–H groups in total. The molecule has 6 aromatic rings. The lowest BCUT2D eigenvalue weighted by Gasteiger charge is -2.30. The highest BCUT2D eigenvalue weighted by atomic mass is 32.1. The van der Waals surface area contributed by atoms with Crippen molar-refractivity contribution in [3.05, 3.63) is 104 Å². The zero-order chi connectivity index (χ0) is 67.4. The van der Waals surface area contributed by atoms with Gasteiger partial charge in [0.1, 0.15) is 43.1 Å². The van der Waals surface area contributed by atoms with Crippen molar-refractivity contribution in [3.8, 4) is 11.5 Å². The van der Waals surface area contributed by atoms with Crippen LogP contribution in [-0.2, 0) is 47.4 Å². The van der Waals surface area contributed by atoms with Gasteiger partial charge in [-0.25, -0.2) is 0 Å². The van der Waals surface area contributed by atoms with Crippen LogP contribution in [0.5, 0.6) is 11.5 Å². The summed E-state index contributed by atoms with van der Waals surface area (Å²) in [4.78, 5) is 30.6. The van der Waals surface area contributed by atoms with E-state index in [9.17, 15) is 24.9 Å². The monoisotopic (exact) mass is 1340 g/mol. The average Bonchev–Trinajstić information content (AvgIpc) is 0.785. The van der Waals surface area contributed by atoms with Crippen LogP contribution in [0, 0.1) is 13.8 Å². The molecule has 12 atom stereocenters. The van der Waals surface area contributed by atoms with Gasteiger partial charge in [-0.05, 0) is 162 Å². The van der Waals surface area contributed by atoms with Gasteiger partial charge in [-0.15, -0.1) is 22.7 Å². The minimum Gasteiger partial charge on any atom is -0.491 e. The Hall–Kier alpha value is -4.34. The predicted octanol–water partition coefficient (Wildman–Crippen LogP) is 10.7. The summed E-state index contributed by atoms with van der Waals surface area (Å²) in [5.74, 6) is 1.10. The smallest absolute Gasteiger partial charge is 0.196 e. The normalized spacial score (nSPS) is 16.2. The van der Waals surface area contributed by atoms with E-state index < -0.39 is 18.4 Å². The van der Waals surface area contributed by atoms with Crippen LogP contribution < -0.4 is 20.3 Å². The number of ether oxygens (including phenoxy) is 12. The van der Waals surface area contributed by atoms with Crippen LogP contribution in [0.3, 0.4) is 0 Å². The summed E-state index contributed by atoms with van der Waals surface area (Å²) in [6, 6.07) is 22.6. The van der Waals surface area contributed by atoms with Gasteiger partial charge in [0.25, 0.3) is 0 Å². The number of aliphatic hydroxyl groups is 3. The van der Waals surface area contributed by atoms with Crippen molar-refractivity contribution in [2.75, 3.05) is 119 Å². The number of benzene rings is 4. The lowest BCUT2D eigenvalue weighted by molar-refractivity contribution is -0.119. The molecule has 2 heterocycles. The summed E-state index contributed by atoms with van der Waals surface area (Å²) < 4.78 is 76.0. The highest BCUT2D eigenvalue weighted by Crippen LogP contribution is 2.32. The van der Waals surface area contributed by atoms with Crippen LogP contribution in [0.1, 0.15) is 107 Å². The van der Waals surface area contributed by atoms with Crippen LogP contribution in [0.4, 0.5) is 0 Å². The lowest BCUT2D eigenvalue weighted by Crippen LogP contribution is -2.45. The van der Waals surface area contributed by atoms with E-state index in [4.69, 9.17) is 56.8 Å².